The average molecular weight is 265 g/mol. The average Bonchev–Trinajstić information content (AvgIpc) is 2.40. The third-order valence-corrected chi connectivity index (χ3v) is 2.88. The Bertz CT molecular complexity index is 500. The molecule has 0 unspecified atom stereocenters. The highest BCUT2D eigenvalue weighted by molar-refractivity contribution is 5.97. The van der Waals surface area contributed by atoms with Crippen LogP contribution in [0, 0.1) is 6.92 Å². The van der Waals surface area contributed by atoms with Crippen LogP contribution in [-0.4, -0.2) is 39.6 Å². The van der Waals surface area contributed by atoms with E-state index in [9.17, 15) is 9.59 Å². The number of nitrogens with two attached hydrogens (primary N) is 1. The van der Waals surface area contributed by atoms with Crippen molar-refractivity contribution >= 4 is 23.3 Å². The molecule has 6 heteroatoms. The highest BCUT2D eigenvalue weighted by Crippen LogP contribution is 2.25. The van der Waals surface area contributed by atoms with E-state index in [1.165, 1.54) is 7.11 Å². The Labute approximate surface area is 112 Å². The van der Waals surface area contributed by atoms with Gasteiger partial charge in [-0.15, -0.1) is 0 Å². The molecule has 0 atom stereocenters. The molecule has 0 aliphatic heterocycles. The number of esters is 1. The standard InChI is InChI=1S/C13H19N3O3/c1-8-5-9(16(3)7-11(17)15-2)6-10(12(8)14)13(18)19-4/h5-6H,7,14H2,1-4H3,(H,15,17). The fraction of sp³-hybridized carbons (Fsp3) is 0.385. The summed E-state index contributed by atoms with van der Waals surface area (Å²) in [5.74, 6) is -0.604. The second kappa shape index (κ2) is 6.08. The third kappa shape index (κ3) is 3.37. The normalized spacial score (nSPS) is 9.89. The maximum Gasteiger partial charge on any atom is 0.340 e. The maximum atomic E-state index is 11.6. The third-order valence-electron chi connectivity index (χ3n) is 2.88. The highest BCUT2D eigenvalue weighted by atomic mass is 16.5. The van der Waals surface area contributed by atoms with Crippen LogP contribution in [0.1, 0.15) is 15.9 Å². The van der Waals surface area contributed by atoms with Crippen molar-refractivity contribution in [1.82, 2.24) is 5.32 Å². The van der Waals surface area contributed by atoms with Gasteiger partial charge in [0, 0.05) is 25.5 Å². The number of ether oxygens (including phenoxy) is 1. The number of hydrogen-bond donors (Lipinski definition) is 2. The Morgan fingerprint density at radius 3 is 2.58 bits per heavy atom. The smallest absolute Gasteiger partial charge is 0.340 e. The van der Waals surface area contributed by atoms with Crippen molar-refractivity contribution in [1.29, 1.82) is 0 Å². The molecular weight excluding hydrogens is 246 g/mol. The fourth-order valence-electron chi connectivity index (χ4n) is 1.66. The monoisotopic (exact) mass is 265 g/mol. The molecule has 0 bridgehead atoms. The first-order valence-corrected chi connectivity index (χ1v) is 5.80. The zero-order valence-corrected chi connectivity index (χ0v) is 11.6. The van der Waals surface area contributed by atoms with Gasteiger partial charge in [0.1, 0.15) is 0 Å². The van der Waals surface area contributed by atoms with Crippen molar-refractivity contribution in [3.05, 3.63) is 23.3 Å². The molecule has 0 heterocycles. The van der Waals surface area contributed by atoms with Gasteiger partial charge in [0.25, 0.3) is 0 Å². The number of carbonyl (C=O) groups is 2. The topological polar surface area (TPSA) is 84.7 Å². The summed E-state index contributed by atoms with van der Waals surface area (Å²) in [4.78, 5) is 24.7. The number of hydrogen-bond acceptors (Lipinski definition) is 5. The van der Waals surface area contributed by atoms with Gasteiger partial charge in [0.05, 0.1) is 19.2 Å². The molecule has 0 aliphatic rings. The number of anilines is 2. The van der Waals surface area contributed by atoms with Gasteiger partial charge in [-0.3, -0.25) is 4.79 Å². The van der Waals surface area contributed by atoms with Crippen LogP contribution in [0.25, 0.3) is 0 Å². The predicted molar refractivity (Wildman–Crippen MR) is 74.3 cm³/mol. The number of likely N-dealkylation sites (N-methyl/N-ethyl adjacent to an activating group) is 2. The van der Waals surface area contributed by atoms with Crippen LogP contribution in [0.2, 0.25) is 0 Å². The van der Waals surface area contributed by atoms with Crippen LogP contribution in [0.3, 0.4) is 0 Å². The van der Waals surface area contributed by atoms with E-state index in [-0.39, 0.29) is 12.5 Å². The van der Waals surface area contributed by atoms with Gasteiger partial charge in [-0.25, -0.2) is 4.79 Å². The molecule has 104 valence electrons. The maximum absolute atomic E-state index is 11.6. The number of amides is 1. The van der Waals surface area contributed by atoms with E-state index >= 15 is 0 Å². The summed E-state index contributed by atoms with van der Waals surface area (Å²) in [6.07, 6.45) is 0. The second-order valence-electron chi connectivity index (χ2n) is 4.24. The van der Waals surface area contributed by atoms with Crippen LogP contribution in [0.15, 0.2) is 12.1 Å². The number of benzene rings is 1. The van der Waals surface area contributed by atoms with E-state index in [1.54, 1.807) is 32.0 Å². The molecule has 1 aromatic carbocycles. The number of nitrogens with one attached hydrogen (secondary N) is 1. The van der Waals surface area contributed by atoms with Crippen LogP contribution in [0.4, 0.5) is 11.4 Å². The molecule has 1 aromatic rings. The van der Waals surface area contributed by atoms with Crippen LogP contribution in [0.5, 0.6) is 0 Å². The van der Waals surface area contributed by atoms with Gasteiger partial charge in [0.2, 0.25) is 5.91 Å². The summed E-state index contributed by atoms with van der Waals surface area (Å²) < 4.78 is 4.69. The quantitative estimate of drug-likeness (QED) is 0.613. The number of rotatable bonds is 4. The summed E-state index contributed by atoms with van der Waals surface area (Å²) in [5, 5.41) is 2.54. The van der Waals surface area contributed by atoms with E-state index in [1.807, 2.05) is 6.07 Å². The lowest BCUT2D eigenvalue weighted by Crippen LogP contribution is -2.33. The van der Waals surface area contributed by atoms with E-state index in [0.29, 0.717) is 11.3 Å². The second-order valence-corrected chi connectivity index (χ2v) is 4.24. The molecule has 1 rings (SSSR count). The van der Waals surface area contributed by atoms with Crippen molar-refractivity contribution in [3.63, 3.8) is 0 Å². The minimum Gasteiger partial charge on any atom is -0.465 e. The van der Waals surface area contributed by atoms with Gasteiger partial charge in [-0.05, 0) is 24.6 Å². The Hall–Kier alpha value is -2.24. The summed E-state index contributed by atoms with van der Waals surface area (Å²) in [5.41, 5.74) is 8.05. The Balaban J connectivity index is 3.12. The molecule has 19 heavy (non-hydrogen) atoms. The zero-order valence-electron chi connectivity index (χ0n) is 11.6. The highest BCUT2D eigenvalue weighted by Gasteiger charge is 2.15. The van der Waals surface area contributed by atoms with Crippen molar-refractivity contribution in [2.24, 2.45) is 0 Å². The van der Waals surface area contributed by atoms with Gasteiger partial charge in [0.15, 0.2) is 0 Å². The molecule has 0 fully saturated rings. The summed E-state index contributed by atoms with van der Waals surface area (Å²) >= 11 is 0. The van der Waals surface area contributed by atoms with Gasteiger partial charge < -0.3 is 20.7 Å². The molecule has 0 saturated carbocycles. The van der Waals surface area contributed by atoms with Crippen molar-refractivity contribution in [2.45, 2.75) is 6.92 Å². The minimum absolute atomic E-state index is 0.114. The van der Waals surface area contributed by atoms with Crippen molar-refractivity contribution < 1.29 is 14.3 Å². The first-order chi connectivity index (χ1) is 8.90. The van der Waals surface area contributed by atoms with Crippen molar-refractivity contribution in [3.8, 4) is 0 Å². The molecule has 0 aliphatic carbocycles. The first-order valence-electron chi connectivity index (χ1n) is 5.80. The lowest BCUT2D eigenvalue weighted by atomic mass is 10.1. The van der Waals surface area contributed by atoms with Crippen LogP contribution >= 0.6 is 0 Å². The van der Waals surface area contributed by atoms with Crippen LogP contribution in [-0.2, 0) is 9.53 Å². The summed E-state index contributed by atoms with van der Waals surface area (Å²) in [6, 6.07) is 3.45. The lowest BCUT2D eigenvalue weighted by Gasteiger charge is -2.20. The Kier molecular flexibility index (Phi) is 4.74. The van der Waals surface area contributed by atoms with E-state index in [4.69, 9.17) is 10.5 Å². The Morgan fingerprint density at radius 2 is 2.05 bits per heavy atom. The predicted octanol–water partition coefficient (Wildman–Crippen LogP) is 0.546. The SMILES string of the molecule is CNC(=O)CN(C)c1cc(C)c(N)c(C(=O)OC)c1. The molecule has 0 spiro atoms. The number of methoxy groups -OCH3 is 1. The molecule has 0 radical (unpaired) electrons. The summed E-state index contributed by atoms with van der Waals surface area (Å²) in [7, 11) is 4.64. The Morgan fingerprint density at radius 1 is 1.42 bits per heavy atom. The number of carbonyl (C=O) groups excluding carboxylic acids is 2. The number of aryl methyl sites for hydroxylation is 1. The van der Waals surface area contributed by atoms with E-state index < -0.39 is 5.97 Å². The van der Waals surface area contributed by atoms with Gasteiger partial charge in [-0.1, -0.05) is 0 Å². The van der Waals surface area contributed by atoms with E-state index in [0.717, 1.165) is 11.3 Å². The molecule has 3 N–H and O–H groups in total. The molecular formula is C13H19N3O3. The van der Waals surface area contributed by atoms with E-state index in [2.05, 4.69) is 5.32 Å². The van der Waals surface area contributed by atoms with Crippen LogP contribution < -0.4 is 16.0 Å². The lowest BCUT2D eigenvalue weighted by molar-refractivity contribution is -0.119. The molecule has 0 saturated heterocycles. The van der Waals surface area contributed by atoms with Gasteiger partial charge in [-0.2, -0.15) is 0 Å². The number of nitrogens with zero attached hydrogens (tertiary/aromatic N) is 1. The molecule has 1 amide bonds. The largest absolute Gasteiger partial charge is 0.465 e. The molecule has 6 nitrogen and oxygen atoms in total. The summed E-state index contributed by atoms with van der Waals surface area (Å²) in [6.45, 7) is 2.00. The zero-order chi connectivity index (χ0) is 14.6. The first kappa shape index (κ1) is 14.8. The van der Waals surface area contributed by atoms with Gasteiger partial charge >= 0.3 is 5.97 Å². The fourth-order valence-corrected chi connectivity index (χ4v) is 1.66. The molecule has 0 aromatic heterocycles. The number of nitrogen functional groups attached to an aromatic ring is 1. The van der Waals surface area contributed by atoms with Crippen molar-refractivity contribution in [2.75, 3.05) is 38.4 Å². The minimum atomic E-state index is -0.490.